The van der Waals surface area contributed by atoms with Crippen molar-refractivity contribution in [3.63, 3.8) is 0 Å². The Morgan fingerprint density at radius 2 is 1.61 bits per heavy atom. The van der Waals surface area contributed by atoms with E-state index in [2.05, 4.69) is 5.32 Å². The molecule has 4 aromatic carbocycles. The molecule has 4 aromatic rings. The second kappa shape index (κ2) is 16.3. The van der Waals surface area contributed by atoms with Crippen molar-refractivity contribution in [3.8, 4) is 5.75 Å². The molecule has 0 aromatic heterocycles. The maximum atomic E-state index is 15.2. The molecule has 0 unspecified atom stereocenters. The van der Waals surface area contributed by atoms with Gasteiger partial charge >= 0.3 is 0 Å². The number of amides is 2. The van der Waals surface area contributed by atoms with Crippen molar-refractivity contribution < 1.29 is 27.1 Å². The van der Waals surface area contributed by atoms with Crippen LogP contribution in [-0.4, -0.2) is 50.9 Å². The third-order valence-corrected chi connectivity index (χ3v) is 10.9. The molecule has 1 saturated carbocycles. The topological polar surface area (TPSA) is 96.0 Å². The molecular formula is C38H41ClFN3O5S. The highest BCUT2D eigenvalue weighted by Gasteiger charge is 2.36. The fraction of sp³-hybridized carbons (Fsp3) is 0.316. The number of halogens is 2. The van der Waals surface area contributed by atoms with Crippen molar-refractivity contribution in [2.24, 2.45) is 0 Å². The minimum absolute atomic E-state index is 0.0330. The quantitative estimate of drug-likeness (QED) is 0.160. The normalized spacial score (nSPS) is 14.1. The van der Waals surface area contributed by atoms with Gasteiger partial charge in [-0.15, -0.1) is 0 Å². The predicted molar refractivity (Wildman–Crippen MR) is 190 cm³/mol. The molecule has 1 aliphatic carbocycles. The number of benzene rings is 4. The summed E-state index contributed by atoms with van der Waals surface area (Å²) >= 11 is 6.45. The molecular weight excluding hydrogens is 665 g/mol. The van der Waals surface area contributed by atoms with Crippen LogP contribution < -0.4 is 14.4 Å². The lowest BCUT2D eigenvalue weighted by Gasteiger charge is -2.35. The average Bonchev–Trinajstić information content (AvgIpc) is 3.10. The van der Waals surface area contributed by atoms with E-state index < -0.39 is 34.3 Å². The molecule has 0 aliphatic heterocycles. The minimum atomic E-state index is -4.33. The van der Waals surface area contributed by atoms with Gasteiger partial charge in [0, 0.05) is 24.6 Å². The number of nitrogens with zero attached hydrogens (tertiary/aromatic N) is 2. The van der Waals surface area contributed by atoms with Crippen molar-refractivity contribution in [3.05, 3.63) is 125 Å². The Labute approximate surface area is 292 Å². The second-order valence-electron chi connectivity index (χ2n) is 12.3. The van der Waals surface area contributed by atoms with Crippen molar-refractivity contribution in [1.82, 2.24) is 10.2 Å². The number of hydrogen-bond donors (Lipinski definition) is 1. The Hall–Kier alpha value is -4.41. The van der Waals surface area contributed by atoms with Gasteiger partial charge in [0.15, 0.2) is 0 Å². The van der Waals surface area contributed by atoms with Gasteiger partial charge in [-0.25, -0.2) is 12.8 Å². The number of carbonyl (C=O) groups is 2. The highest BCUT2D eigenvalue weighted by molar-refractivity contribution is 7.92. The van der Waals surface area contributed by atoms with Crippen LogP contribution in [0.1, 0.15) is 48.8 Å². The highest BCUT2D eigenvalue weighted by Crippen LogP contribution is 2.32. The van der Waals surface area contributed by atoms with E-state index in [0.29, 0.717) is 5.75 Å². The minimum Gasteiger partial charge on any atom is -0.495 e. The summed E-state index contributed by atoms with van der Waals surface area (Å²) in [6.45, 7) is 0.894. The smallest absolute Gasteiger partial charge is 0.264 e. The van der Waals surface area contributed by atoms with E-state index in [-0.39, 0.29) is 46.1 Å². The molecule has 1 fully saturated rings. The van der Waals surface area contributed by atoms with Crippen LogP contribution in [0.25, 0.3) is 0 Å². The summed E-state index contributed by atoms with van der Waals surface area (Å²) in [6.07, 6.45) is 4.86. The number of methoxy groups -OCH3 is 1. The zero-order valence-corrected chi connectivity index (χ0v) is 29.2. The fourth-order valence-electron chi connectivity index (χ4n) is 6.09. The Morgan fingerprint density at radius 3 is 2.27 bits per heavy atom. The summed E-state index contributed by atoms with van der Waals surface area (Å²) in [4.78, 5) is 30.1. The van der Waals surface area contributed by atoms with Gasteiger partial charge in [0.1, 0.15) is 24.2 Å². The van der Waals surface area contributed by atoms with Crippen LogP contribution in [0, 0.1) is 12.7 Å². The lowest BCUT2D eigenvalue weighted by molar-refractivity contribution is -0.140. The van der Waals surface area contributed by atoms with E-state index >= 15 is 4.39 Å². The number of hydrogen-bond acceptors (Lipinski definition) is 5. The Kier molecular flexibility index (Phi) is 12.0. The molecule has 0 radical (unpaired) electrons. The van der Waals surface area contributed by atoms with Gasteiger partial charge in [-0.05, 0) is 61.7 Å². The van der Waals surface area contributed by atoms with Crippen LogP contribution >= 0.6 is 11.6 Å². The molecule has 0 bridgehead atoms. The summed E-state index contributed by atoms with van der Waals surface area (Å²) < 4.78 is 50.0. The van der Waals surface area contributed by atoms with Crippen molar-refractivity contribution in [2.45, 2.75) is 69.0 Å². The molecule has 2 amide bonds. The van der Waals surface area contributed by atoms with Gasteiger partial charge in [0.05, 0.1) is 22.7 Å². The second-order valence-corrected chi connectivity index (χ2v) is 14.6. The van der Waals surface area contributed by atoms with E-state index in [4.69, 9.17) is 16.3 Å². The third kappa shape index (κ3) is 8.99. The number of rotatable bonds is 13. The molecule has 0 heterocycles. The first-order valence-corrected chi connectivity index (χ1v) is 18.2. The van der Waals surface area contributed by atoms with Crippen LogP contribution in [0.5, 0.6) is 5.75 Å². The van der Waals surface area contributed by atoms with E-state index in [1.807, 2.05) is 37.3 Å². The Bertz CT molecular complexity index is 1850. The van der Waals surface area contributed by atoms with Gasteiger partial charge < -0.3 is 15.0 Å². The van der Waals surface area contributed by atoms with Crippen LogP contribution in [0.15, 0.2) is 102 Å². The Balaban J connectivity index is 1.59. The van der Waals surface area contributed by atoms with Crippen LogP contribution in [0.3, 0.4) is 0 Å². The maximum Gasteiger partial charge on any atom is 0.264 e. The number of carbonyl (C=O) groups excluding carboxylic acids is 2. The van der Waals surface area contributed by atoms with Gasteiger partial charge in [-0.3, -0.25) is 13.9 Å². The summed E-state index contributed by atoms with van der Waals surface area (Å²) in [5, 5.41) is 3.30. The lowest BCUT2D eigenvalue weighted by atomic mass is 9.94. The number of sulfonamides is 1. The van der Waals surface area contributed by atoms with E-state index in [0.717, 1.165) is 47.5 Å². The zero-order chi connectivity index (χ0) is 35.0. The molecule has 1 atom stereocenters. The first-order chi connectivity index (χ1) is 23.6. The summed E-state index contributed by atoms with van der Waals surface area (Å²) in [7, 11) is -2.89. The summed E-state index contributed by atoms with van der Waals surface area (Å²) in [5.41, 5.74) is 1.97. The van der Waals surface area contributed by atoms with Gasteiger partial charge in [-0.1, -0.05) is 97.1 Å². The standard InChI is InChI=1S/C38H41ClFN3O5S/c1-27-17-20-32(21-18-27)49(46,47)43(31-19-22-36(48-2)33(39)24-31)26-37(44)42(25-29-13-9-10-16-34(29)40)35(23-28-11-5-3-6-12-28)38(45)41-30-14-7-4-8-15-30/h3,5-6,9-13,16-22,24,30,35H,4,7-8,14-15,23,25-26H2,1-2H3,(H,41,45)/t35-/m1/s1. The van der Waals surface area contributed by atoms with Crippen LogP contribution in [0.2, 0.25) is 5.02 Å². The first-order valence-electron chi connectivity index (χ1n) is 16.4. The number of nitrogens with one attached hydrogen (secondary N) is 1. The molecule has 1 aliphatic rings. The Morgan fingerprint density at radius 1 is 0.939 bits per heavy atom. The molecule has 5 rings (SSSR count). The number of aryl methyl sites for hydroxylation is 1. The van der Waals surface area contributed by atoms with E-state index in [9.17, 15) is 18.0 Å². The maximum absolute atomic E-state index is 15.2. The van der Waals surface area contributed by atoms with Crippen molar-refractivity contribution >= 4 is 39.1 Å². The van der Waals surface area contributed by atoms with E-state index in [1.165, 1.54) is 48.4 Å². The third-order valence-electron chi connectivity index (χ3n) is 8.83. The molecule has 0 saturated heterocycles. The molecule has 258 valence electrons. The van der Waals surface area contributed by atoms with E-state index in [1.54, 1.807) is 30.3 Å². The average molecular weight is 706 g/mol. The summed E-state index contributed by atoms with van der Waals surface area (Å²) in [6, 6.07) is 24.9. The van der Waals surface area contributed by atoms with Gasteiger partial charge in [-0.2, -0.15) is 0 Å². The molecule has 0 spiro atoms. The molecule has 8 nitrogen and oxygen atoms in total. The molecule has 1 N–H and O–H groups in total. The van der Waals surface area contributed by atoms with Gasteiger partial charge in [0.25, 0.3) is 10.0 Å². The van der Waals surface area contributed by atoms with Crippen LogP contribution in [0.4, 0.5) is 10.1 Å². The van der Waals surface area contributed by atoms with Gasteiger partial charge in [0.2, 0.25) is 11.8 Å². The van der Waals surface area contributed by atoms with Crippen LogP contribution in [-0.2, 0) is 32.6 Å². The molecule has 11 heteroatoms. The number of ether oxygens (including phenoxy) is 1. The van der Waals surface area contributed by atoms with Crippen molar-refractivity contribution in [1.29, 1.82) is 0 Å². The SMILES string of the molecule is COc1ccc(N(CC(=O)N(Cc2ccccc2F)[C@H](Cc2ccccc2)C(=O)NC2CCCCC2)S(=O)(=O)c2ccc(C)cc2)cc1Cl. The lowest BCUT2D eigenvalue weighted by Crippen LogP contribution is -2.55. The molecule has 49 heavy (non-hydrogen) atoms. The predicted octanol–water partition coefficient (Wildman–Crippen LogP) is 7.08. The highest BCUT2D eigenvalue weighted by atomic mass is 35.5. The fourth-order valence-corrected chi connectivity index (χ4v) is 7.74. The number of anilines is 1. The first kappa shape index (κ1) is 35.9. The monoisotopic (exact) mass is 705 g/mol. The summed E-state index contributed by atoms with van der Waals surface area (Å²) in [5.74, 6) is -1.28. The van der Waals surface area contributed by atoms with Crippen molar-refractivity contribution in [2.75, 3.05) is 18.0 Å². The zero-order valence-electron chi connectivity index (χ0n) is 27.6. The largest absolute Gasteiger partial charge is 0.495 e.